The maximum Gasteiger partial charge on any atom is 0.127 e. The van der Waals surface area contributed by atoms with E-state index in [4.69, 9.17) is 10.5 Å². The lowest BCUT2D eigenvalue weighted by atomic mass is 10.3. The van der Waals surface area contributed by atoms with Gasteiger partial charge in [-0.3, -0.25) is 4.99 Å². The molecule has 0 heterocycles. The summed E-state index contributed by atoms with van der Waals surface area (Å²) < 4.78 is 5.55. The summed E-state index contributed by atoms with van der Waals surface area (Å²) in [7, 11) is 0. The van der Waals surface area contributed by atoms with Crippen LogP contribution in [0, 0.1) is 0 Å². The molecule has 15 heavy (non-hydrogen) atoms. The number of nitrogen functional groups attached to an aromatic ring is 1. The standard InChI is InChI=1S/C12H14N2O/c1-3-11(8-9-14-2)15-12-6-4-10(13)5-7-12/h3-9H,2,13H2,1H3/b9-8-,11-3+. The summed E-state index contributed by atoms with van der Waals surface area (Å²) in [5, 5.41) is 0. The summed E-state index contributed by atoms with van der Waals surface area (Å²) in [5.74, 6) is 1.46. The first-order chi connectivity index (χ1) is 7.26. The Bertz CT molecular complexity index is 377. The highest BCUT2D eigenvalue weighted by molar-refractivity contribution is 5.42. The molecule has 0 bridgehead atoms. The maximum absolute atomic E-state index is 5.56. The van der Waals surface area contributed by atoms with Crippen LogP contribution in [0.2, 0.25) is 0 Å². The number of aliphatic imine (C=N–C) groups is 1. The normalized spacial score (nSPS) is 11.7. The summed E-state index contributed by atoms with van der Waals surface area (Å²) >= 11 is 0. The molecule has 0 saturated carbocycles. The number of hydrogen-bond acceptors (Lipinski definition) is 3. The van der Waals surface area contributed by atoms with Crippen LogP contribution in [0.4, 0.5) is 5.69 Å². The van der Waals surface area contributed by atoms with Gasteiger partial charge in [0.2, 0.25) is 0 Å². The van der Waals surface area contributed by atoms with Crippen LogP contribution in [0.1, 0.15) is 6.92 Å². The molecule has 3 heteroatoms. The van der Waals surface area contributed by atoms with Crippen LogP contribution in [-0.4, -0.2) is 6.72 Å². The van der Waals surface area contributed by atoms with Crippen molar-refractivity contribution < 1.29 is 4.74 Å². The molecule has 2 N–H and O–H groups in total. The highest BCUT2D eigenvalue weighted by atomic mass is 16.5. The lowest BCUT2D eigenvalue weighted by Crippen LogP contribution is -1.92. The summed E-state index contributed by atoms with van der Waals surface area (Å²) in [6.45, 7) is 5.24. The zero-order chi connectivity index (χ0) is 11.1. The lowest BCUT2D eigenvalue weighted by Gasteiger charge is -2.05. The topological polar surface area (TPSA) is 47.6 Å². The number of rotatable bonds is 4. The molecule has 0 radical (unpaired) electrons. The van der Waals surface area contributed by atoms with E-state index in [9.17, 15) is 0 Å². The van der Waals surface area contributed by atoms with Crippen molar-refractivity contribution in [3.8, 4) is 5.75 Å². The van der Waals surface area contributed by atoms with Crippen LogP contribution in [0.5, 0.6) is 5.75 Å². The van der Waals surface area contributed by atoms with Gasteiger partial charge in [-0.05, 0) is 50.1 Å². The van der Waals surface area contributed by atoms with E-state index < -0.39 is 0 Å². The Kier molecular flexibility index (Phi) is 4.16. The summed E-state index contributed by atoms with van der Waals surface area (Å²) in [4.78, 5) is 3.61. The number of anilines is 1. The van der Waals surface area contributed by atoms with Gasteiger partial charge >= 0.3 is 0 Å². The van der Waals surface area contributed by atoms with E-state index in [1.165, 1.54) is 0 Å². The Morgan fingerprint density at radius 3 is 2.60 bits per heavy atom. The second-order valence-corrected chi connectivity index (χ2v) is 2.86. The molecule has 0 aliphatic rings. The van der Waals surface area contributed by atoms with Gasteiger partial charge in [0.15, 0.2) is 0 Å². The van der Waals surface area contributed by atoms with Crippen molar-refractivity contribution in [1.29, 1.82) is 0 Å². The third kappa shape index (κ3) is 3.68. The van der Waals surface area contributed by atoms with Gasteiger partial charge in [-0.2, -0.15) is 0 Å². The number of nitrogens with two attached hydrogens (primary N) is 1. The van der Waals surface area contributed by atoms with Gasteiger partial charge in [0.05, 0.1) is 0 Å². The molecule has 0 amide bonds. The van der Waals surface area contributed by atoms with E-state index in [2.05, 4.69) is 11.7 Å². The highest BCUT2D eigenvalue weighted by Gasteiger charge is 1.95. The number of nitrogens with zero attached hydrogens (tertiary/aromatic N) is 1. The third-order valence-electron chi connectivity index (χ3n) is 1.74. The zero-order valence-corrected chi connectivity index (χ0v) is 8.68. The first-order valence-corrected chi connectivity index (χ1v) is 4.58. The van der Waals surface area contributed by atoms with E-state index in [0.29, 0.717) is 11.4 Å². The average Bonchev–Trinajstić information content (AvgIpc) is 2.27. The Hall–Kier alpha value is -2.03. The lowest BCUT2D eigenvalue weighted by molar-refractivity contribution is 0.443. The van der Waals surface area contributed by atoms with Gasteiger partial charge < -0.3 is 10.5 Å². The summed E-state index contributed by atoms with van der Waals surface area (Å²) in [5.41, 5.74) is 6.28. The smallest absolute Gasteiger partial charge is 0.127 e. The number of hydrogen-bond donors (Lipinski definition) is 1. The van der Waals surface area contributed by atoms with E-state index in [1.54, 1.807) is 24.4 Å². The molecule has 0 atom stereocenters. The van der Waals surface area contributed by atoms with Crippen molar-refractivity contribution in [3.05, 3.63) is 48.4 Å². The van der Waals surface area contributed by atoms with Crippen molar-refractivity contribution in [3.63, 3.8) is 0 Å². The Labute approximate surface area is 89.6 Å². The van der Waals surface area contributed by atoms with Gasteiger partial charge in [-0.15, -0.1) is 0 Å². The number of allylic oxidation sites excluding steroid dienone is 2. The SMILES string of the molecule is C=N/C=C\C(=C/C)Oc1ccc(N)cc1. The molecule has 3 nitrogen and oxygen atoms in total. The molecule has 0 saturated heterocycles. The van der Waals surface area contributed by atoms with Crippen LogP contribution in [0.3, 0.4) is 0 Å². The second kappa shape index (κ2) is 5.65. The molecule has 1 rings (SSSR count). The molecule has 1 aromatic rings. The van der Waals surface area contributed by atoms with Gasteiger partial charge in [-0.25, -0.2) is 0 Å². The fourth-order valence-electron chi connectivity index (χ4n) is 0.987. The minimum atomic E-state index is 0.715. The molecule has 0 unspecified atom stereocenters. The second-order valence-electron chi connectivity index (χ2n) is 2.86. The van der Waals surface area contributed by atoms with Crippen molar-refractivity contribution >= 4 is 12.4 Å². The fraction of sp³-hybridized carbons (Fsp3) is 0.0833. The zero-order valence-electron chi connectivity index (χ0n) is 8.68. The molecule has 0 aliphatic heterocycles. The largest absolute Gasteiger partial charge is 0.458 e. The quantitative estimate of drug-likeness (QED) is 0.353. The van der Waals surface area contributed by atoms with Crippen LogP contribution < -0.4 is 10.5 Å². The van der Waals surface area contributed by atoms with Gasteiger partial charge in [0.25, 0.3) is 0 Å². The number of benzene rings is 1. The molecule has 0 fully saturated rings. The average molecular weight is 202 g/mol. The van der Waals surface area contributed by atoms with E-state index >= 15 is 0 Å². The van der Waals surface area contributed by atoms with Crippen molar-refractivity contribution in [1.82, 2.24) is 0 Å². The fourth-order valence-corrected chi connectivity index (χ4v) is 0.987. The molecule has 0 aliphatic carbocycles. The maximum atomic E-state index is 5.56. The third-order valence-corrected chi connectivity index (χ3v) is 1.74. The minimum absolute atomic E-state index is 0.715. The van der Waals surface area contributed by atoms with E-state index in [0.717, 1.165) is 5.75 Å². The minimum Gasteiger partial charge on any atom is -0.458 e. The molecular formula is C12H14N2O. The molecule has 0 aromatic heterocycles. The van der Waals surface area contributed by atoms with Crippen molar-refractivity contribution in [2.45, 2.75) is 6.92 Å². The first kappa shape index (κ1) is 11.0. The van der Waals surface area contributed by atoms with Gasteiger partial charge in [-0.1, -0.05) is 0 Å². The molecular weight excluding hydrogens is 188 g/mol. The summed E-state index contributed by atoms with van der Waals surface area (Å²) in [6, 6.07) is 7.21. The monoisotopic (exact) mass is 202 g/mol. The van der Waals surface area contributed by atoms with Crippen LogP contribution in [0.25, 0.3) is 0 Å². The van der Waals surface area contributed by atoms with Crippen molar-refractivity contribution in [2.24, 2.45) is 4.99 Å². The van der Waals surface area contributed by atoms with Crippen molar-refractivity contribution in [2.75, 3.05) is 5.73 Å². The van der Waals surface area contributed by atoms with Gasteiger partial charge in [0, 0.05) is 11.9 Å². The molecule has 0 spiro atoms. The predicted octanol–water partition coefficient (Wildman–Crippen LogP) is 2.77. The summed E-state index contributed by atoms with van der Waals surface area (Å²) in [6.07, 6.45) is 5.16. The van der Waals surface area contributed by atoms with Gasteiger partial charge in [0.1, 0.15) is 11.5 Å². The molecule has 1 aromatic carbocycles. The predicted molar refractivity (Wildman–Crippen MR) is 63.9 cm³/mol. The Morgan fingerprint density at radius 2 is 2.07 bits per heavy atom. The number of ether oxygens (including phenoxy) is 1. The van der Waals surface area contributed by atoms with Crippen LogP contribution >= 0.6 is 0 Å². The Morgan fingerprint density at radius 1 is 1.40 bits per heavy atom. The Balaban J connectivity index is 2.71. The van der Waals surface area contributed by atoms with Crippen LogP contribution in [-0.2, 0) is 0 Å². The van der Waals surface area contributed by atoms with E-state index in [1.807, 2.05) is 25.1 Å². The van der Waals surface area contributed by atoms with Crippen LogP contribution in [0.15, 0.2) is 53.4 Å². The molecule has 78 valence electrons. The first-order valence-electron chi connectivity index (χ1n) is 4.58. The van der Waals surface area contributed by atoms with E-state index in [-0.39, 0.29) is 0 Å². The highest BCUT2D eigenvalue weighted by Crippen LogP contribution is 2.16.